The maximum atomic E-state index is 11.9. The molecule has 1 N–H and O–H groups in total. The van der Waals surface area contributed by atoms with Gasteiger partial charge in [0.25, 0.3) is 0 Å². The summed E-state index contributed by atoms with van der Waals surface area (Å²) in [5.41, 5.74) is -1.12. The number of aldehydes is 1. The van der Waals surface area contributed by atoms with Crippen LogP contribution in [0.5, 0.6) is 5.75 Å². The second kappa shape index (κ2) is 6.81. The van der Waals surface area contributed by atoms with Crippen molar-refractivity contribution in [2.45, 2.75) is 58.8 Å². The number of rotatable bonds is 5. The maximum absolute atomic E-state index is 11.9. The van der Waals surface area contributed by atoms with Crippen molar-refractivity contribution >= 4 is 12.4 Å². The second-order valence-corrected chi connectivity index (χ2v) is 6.64. The molecule has 1 unspecified atom stereocenters. The molecule has 0 fully saturated rings. The molecule has 0 radical (unpaired) electrons. The predicted molar refractivity (Wildman–Crippen MR) is 85.0 cm³/mol. The van der Waals surface area contributed by atoms with Crippen molar-refractivity contribution in [3.8, 4) is 5.75 Å². The Morgan fingerprint density at radius 3 is 2.09 bits per heavy atom. The van der Waals surface area contributed by atoms with Crippen LogP contribution in [0.3, 0.4) is 0 Å². The van der Waals surface area contributed by atoms with E-state index in [0.717, 1.165) is 0 Å². The molecule has 5 nitrogen and oxygen atoms in total. The first-order chi connectivity index (χ1) is 10.1. The minimum atomic E-state index is -1.15. The molecular formula is C17H25NO4. The van der Waals surface area contributed by atoms with Gasteiger partial charge >= 0.3 is 6.09 Å². The number of carbonyl (C=O) groups is 2. The van der Waals surface area contributed by atoms with Crippen LogP contribution in [-0.4, -0.2) is 24.1 Å². The summed E-state index contributed by atoms with van der Waals surface area (Å²) in [6, 6.07) is 7.05. The molecule has 0 heterocycles. The number of ether oxygens (including phenoxy) is 2. The molecular weight excluding hydrogens is 282 g/mol. The Morgan fingerprint density at radius 1 is 1.14 bits per heavy atom. The van der Waals surface area contributed by atoms with Gasteiger partial charge in [0.15, 0.2) is 0 Å². The van der Waals surface area contributed by atoms with Gasteiger partial charge in [-0.05, 0) is 59.2 Å². The lowest BCUT2D eigenvalue weighted by Gasteiger charge is -2.28. The Bertz CT molecular complexity index is 516. The van der Waals surface area contributed by atoms with Gasteiger partial charge in [-0.3, -0.25) is 0 Å². The zero-order valence-corrected chi connectivity index (χ0v) is 14.1. The predicted octanol–water partition coefficient (Wildman–Crippen LogP) is 3.41. The number of hydrogen-bond acceptors (Lipinski definition) is 4. The first kappa shape index (κ1) is 18.0. The van der Waals surface area contributed by atoms with Crippen LogP contribution in [0, 0.1) is 0 Å². The van der Waals surface area contributed by atoms with Crippen LogP contribution in [0.4, 0.5) is 4.79 Å². The summed E-state index contributed by atoms with van der Waals surface area (Å²) in [5.74, 6) is 0.712. The number of carbonyl (C=O) groups excluding carboxylic acids is 2. The van der Waals surface area contributed by atoms with Gasteiger partial charge in [0, 0.05) is 0 Å². The molecule has 1 aromatic carbocycles. The Balaban J connectivity index is 2.89. The highest BCUT2D eigenvalue weighted by molar-refractivity contribution is 5.78. The highest BCUT2D eigenvalue weighted by Gasteiger charge is 2.30. The van der Waals surface area contributed by atoms with Crippen molar-refractivity contribution in [2.75, 3.05) is 0 Å². The van der Waals surface area contributed by atoms with E-state index in [9.17, 15) is 9.59 Å². The summed E-state index contributed by atoms with van der Waals surface area (Å²) >= 11 is 0. The van der Waals surface area contributed by atoms with Gasteiger partial charge in [-0.1, -0.05) is 12.1 Å². The van der Waals surface area contributed by atoms with E-state index in [0.29, 0.717) is 17.6 Å². The van der Waals surface area contributed by atoms with Gasteiger partial charge in [-0.15, -0.1) is 0 Å². The molecule has 1 rings (SSSR count). The standard InChI is InChI=1S/C17H25NO4/c1-12(2)21-14-9-7-13(8-10-14)17(6,11-19)18-15(20)22-16(3,4)5/h7-12H,1-6H3,(H,18,20). The summed E-state index contributed by atoms with van der Waals surface area (Å²) < 4.78 is 10.8. The van der Waals surface area contributed by atoms with E-state index >= 15 is 0 Å². The monoisotopic (exact) mass is 307 g/mol. The lowest BCUT2D eigenvalue weighted by molar-refractivity contribution is -0.113. The molecule has 0 aromatic heterocycles. The van der Waals surface area contributed by atoms with Gasteiger partial charge in [0.2, 0.25) is 0 Å². The Hall–Kier alpha value is -2.04. The Labute approximate surface area is 132 Å². The van der Waals surface area contributed by atoms with Crippen molar-refractivity contribution < 1.29 is 19.1 Å². The second-order valence-electron chi connectivity index (χ2n) is 6.64. The average molecular weight is 307 g/mol. The topological polar surface area (TPSA) is 64.6 Å². The number of amides is 1. The summed E-state index contributed by atoms with van der Waals surface area (Å²) in [5, 5.41) is 2.61. The van der Waals surface area contributed by atoms with Crippen molar-refractivity contribution in [1.82, 2.24) is 5.32 Å². The third-order valence-corrected chi connectivity index (χ3v) is 2.82. The first-order valence-corrected chi connectivity index (χ1v) is 7.30. The lowest BCUT2D eigenvalue weighted by atomic mass is 9.94. The number of hydrogen-bond donors (Lipinski definition) is 1. The van der Waals surface area contributed by atoms with Gasteiger partial charge in [0.05, 0.1) is 6.10 Å². The largest absolute Gasteiger partial charge is 0.491 e. The minimum absolute atomic E-state index is 0.0724. The van der Waals surface area contributed by atoms with Crippen molar-refractivity contribution in [3.63, 3.8) is 0 Å². The third-order valence-electron chi connectivity index (χ3n) is 2.82. The number of nitrogens with one attached hydrogen (secondary N) is 1. The zero-order valence-electron chi connectivity index (χ0n) is 14.1. The zero-order chi connectivity index (χ0) is 17.0. The van der Waals surface area contributed by atoms with E-state index in [1.807, 2.05) is 13.8 Å². The smallest absolute Gasteiger partial charge is 0.408 e. The van der Waals surface area contributed by atoms with Crippen LogP contribution in [0.1, 0.15) is 47.1 Å². The average Bonchev–Trinajstić information content (AvgIpc) is 2.36. The molecule has 0 saturated heterocycles. The van der Waals surface area contributed by atoms with Crippen LogP contribution in [0.25, 0.3) is 0 Å². The quantitative estimate of drug-likeness (QED) is 0.847. The molecule has 122 valence electrons. The molecule has 0 saturated carbocycles. The van der Waals surface area contributed by atoms with Crippen LogP contribution in [0.15, 0.2) is 24.3 Å². The molecule has 1 amide bonds. The Morgan fingerprint density at radius 2 is 1.68 bits per heavy atom. The molecule has 1 aromatic rings. The van der Waals surface area contributed by atoms with E-state index in [1.165, 1.54) is 0 Å². The fourth-order valence-corrected chi connectivity index (χ4v) is 1.84. The lowest BCUT2D eigenvalue weighted by Crippen LogP contribution is -2.46. The normalized spacial score (nSPS) is 14.1. The van der Waals surface area contributed by atoms with Crippen molar-refractivity contribution in [1.29, 1.82) is 0 Å². The van der Waals surface area contributed by atoms with E-state index in [2.05, 4.69) is 5.32 Å². The third kappa shape index (κ3) is 5.39. The van der Waals surface area contributed by atoms with E-state index < -0.39 is 17.2 Å². The van der Waals surface area contributed by atoms with Crippen LogP contribution < -0.4 is 10.1 Å². The van der Waals surface area contributed by atoms with Gasteiger partial charge in [0.1, 0.15) is 23.2 Å². The summed E-state index contributed by atoms with van der Waals surface area (Å²) in [6.07, 6.45) is 0.127. The molecule has 22 heavy (non-hydrogen) atoms. The van der Waals surface area contributed by atoms with Crippen LogP contribution >= 0.6 is 0 Å². The fourth-order valence-electron chi connectivity index (χ4n) is 1.84. The van der Waals surface area contributed by atoms with Gasteiger partial charge in [-0.25, -0.2) is 4.79 Å². The number of alkyl carbamates (subject to hydrolysis) is 1. The maximum Gasteiger partial charge on any atom is 0.408 e. The fraction of sp³-hybridized carbons (Fsp3) is 0.529. The Kier molecular flexibility index (Phi) is 5.58. The summed E-state index contributed by atoms with van der Waals surface area (Å²) in [7, 11) is 0. The van der Waals surface area contributed by atoms with Crippen LogP contribution in [-0.2, 0) is 15.1 Å². The number of benzene rings is 1. The summed E-state index contributed by atoms with van der Waals surface area (Å²) in [6.45, 7) is 10.8. The van der Waals surface area contributed by atoms with Crippen LogP contribution in [0.2, 0.25) is 0 Å². The van der Waals surface area contributed by atoms with Crippen molar-refractivity contribution in [2.24, 2.45) is 0 Å². The molecule has 5 heteroatoms. The highest BCUT2D eigenvalue weighted by Crippen LogP contribution is 2.23. The molecule has 1 atom stereocenters. The van der Waals surface area contributed by atoms with E-state index in [-0.39, 0.29) is 6.10 Å². The molecule has 0 aliphatic carbocycles. The van der Waals surface area contributed by atoms with Gasteiger partial charge < -0.3 is 19.6 Å². The highest BCUT2D eigenvalue weighted by atomic mass is 16.6. The molecule has 0 aliphatic heterocycles. The van der Waals surface area contributed by atoms with Crippen molar-refractivity contribution in [3.05, 3.63) is 29.8 Å². The molecule has 0 aliphatic rings. The van der Waals surface area contributed by atoms with E-state index in [1.54, 1.807) is 52.0 Å². The molecule has 0 bridgehead atoms. The SMILES string of the molecule is CC(C)Oc1ccc(C(C)(C=O)NC(=O)OC(C)(C)C)cc1. The van der Waals surface area contributed by atoms with E-state index in [4.69, 9.17) is 9.47 Å². The first-order valence-electron chi connectivity index (χ1n) is 7.30. The van der Waals surface area contributed by atoms with Gasteiger partial charge in [-0.2, -0.15) is 0 Å². The summed E-state index contributed by atoms with van der Waals surface area (Å²) in [4.78, 5) is 23.4. The molecule has 0 spiro atoms. The minimum Gasteiger partial charge on any atom is -0.491 e.